The Labute approximate surface area is 118 Å². The third-order valence-corrected chi connectivity index (χ3v) is 3.22. The molecule has 2 aromatic carbocycles. The minimum absolute atomic E-state index is 0.0333. The van der Waals surface area contributed by atoms with Gasteiger partial charge in [-0.05, 0) is 29.8 Å². The Hall–Kier alpha value is -2.20. The van der Waals surface area contributed by atoms with Crippen LogP contribution >= 0.6 is 0 Å². The number of benzene rings is 2. The molecule has 2 aromatic rings. The van der Waals surface area contributed by atoms with Crippen molar-refractivity contribution < 1.29 is 9.47 Å². The van der Waals surface area contributed by atoms with E-state index in [1.54, 1.807) is 0 Å². The molecule has 104 valence electrons. The van der Waals surface area contributed by atoms with E-state index in [-0.39, 0.29) is 6.10 Å². The summed E-state index contributed by atoms with van der Waals surface area (Å²) < 4.78 is 11.6. The molecule has 20 heavy (non-hydrogen) atoms. The van der Waals surface area contributed by atoms with E-state index in [2.05, 4.69) is 11.4 Å². The van der Waals surface area contributed by atoms with Crippen LogP contribution in [0.2, 0.25) is 0 Å². The Morgan fingerprint density at radius 1 is 1.10 bits per heavy atom. The molecular formula is C16H18N2O2. The molecule has 4 nitrogen and oxygen atoms in total. The van der Waals surface area contributed by atoms with Crippen LogP contribution in [0.4, 0.5) is 5.69 Å². The highest BCUT2D eigenvalue weighted by Gasteiger charge is 2.19. The maximum absolute atomic E-state index is 5.88. The molecular weight excluding hydrogens is 252 g/mol. The molecule has 3 N–H and O–H groups in total. The second-order valence-electron chi connectivity index (χ2n) is 4.87. The number of ether oxygens (including phenoxy) is 2. The van der Waals surface area contributed by atoms with Crippen molar-refractivity contribution in [2.45, 2.75) is 12.6 Å². The number of hydrogen-bond donors (Lipinski definition) is 2. The molecule has 1 aliphatic rings. The standard InChI is InChI=1S/C16H18N2O2/c17-13-5-3-4-12(8-13)9-18-10-14-11-19-15-6-1-2-7-16(15)20-14/h1-8,14,18H,9-11,17H2. The van der Waals surface area contributed by atoms with E-state index in [0.717, 1.165) is 30.3 Å². The molecule has 4 heteroatoms. The molecule has 0 saturated carbocycles. The maximum atomic E-state index is 5.88. The number of para-hydroxylation sites is 2. The summed E-state index contributed by atoms with van der Waals surface area (Å²) in [4.78, 5) is 0. The first-order chi connectivity index (χ1) is 9.81. The molecule has 0 fully saturated rings. The van der Waals surface area contributed by atoms with E-state index in [4.69, 9.17) is 15.2 Å². The summed E-state index contributed by atoms with van der Waals surface area (Å²) in [6.07, 6.45) is 0.0333. The van der Waals surface area contributed by atoms with Gasteiger partial charge >= 0.3 is 0 Å². The van der Waals surface area contributed by atoms with Crippen molar-refractivity contribution in [3.8, 4) is 11.5 Å². The van der Waals surface area contributed by atoms with Crippen LogP contribution in [0.1, 0.15) is 5.56 Å². The largest absolute Gasteiger partial charge is 0.486 e. The zero-order valence-electron chi connectivity index (χ0n) is 11.2. The lowest BCUT2D eigenvalue weighted by atomic mass is 10.2. The molecule has 0 radical (unpaired) electrons. The van der Waals surface area contributed by atoms with Crippen molar-refractivity contribution in [2.75, 3.05) is 18.9 Å². The van der Waals surface area contributed by atoms with E-state index in [0.29, 0.717) is 6.61 Å². The lowest BCUT2D eigenvalue weighted by Gasteiger charge is -2.26. The van der Waals surface area contributed by atoms with E-state index < -0.39 is 0 Å². The third-order valence-electron chi connectivity index (χ3n) is 3.22. The van der Waals surface area contributed by atoms with Gasteiger partial charge in [0.2, 0.25) is 0 Å². The Morgan fingerprint density at radius 3 is 2.80 bits per heavy atom. The van der Waals surface area contributed by atoms with E-state index in [9.17, 15) is 0 Å². The first kappa shape index (κ1) is 12.8. The highest BCUT2D eigenvalue weighted by molar-refractivity contribution is 5.41. The van der Waals surface area contributed by atoms with Crippen molar-refractivity contribution in [1.82, 2.24) is 5.32 Å². The number of nitrogen functional groups attached to an aromatic ring is 1. The number of anilines is 1. The minimum Gasteiger partial charge on any atom is -0.486 e. The number of rotatable bonds is 4. The smallest absolute Gasteiger partial charge is 0.161 e. The van der Waals surface area contributed by atoms with E-state index in [1.807, 2.05) is 42.5 Å². The van der Waals surface area contributed by atoms with Crippen LogP contribution in [0.5, 0.6) is 11.5 Å². The van der Waals surface area contributed by atoms with E-state index in [1.165, 1.54) is 5.56 Å². The number of nitrogens with two attached hydrogens (primary N) is 1. The fourth-order valence-electron chi connectivity index (χ4n) is 2.24. The fourth-order valence-corrected chi connectivity index (χ4v) is 2.24. The summed E-state index contributed by atoms with van der Waals surface area (Å²) in [7, 11) is 0. The molecule has 0 aliphatic carbocycles. The highest BCUT2D eigenvalue weighted by atomic mass is 16.6. The Morgan fingerprint density at radius 2 is 1.95 bits per heavy atom. The second kappa shape index (κ2) is 5.84. The number of fused-ring (bicyclic) bond motifs is 1. The van der Waals surface area contributed by atoms with Crippen LogP contribution < -0.4 is 20.5 Å². The average molecular weight is 270 g/mol. The summed E-state index contributed by atoms with van der Waals surface area (Å²) in [6.45, 7) is 2.08. The quantitative estimate of drug-likeness (QED) is 0.836. The second-order valence-corrected chi connectivity index (χ2v) is 4.87. The lowest BCUT2D eigenvalue weighted by Crippen LogP contribution is -2.38. The molecule has 1 heterocycles. The van der Waals surface area contributed by atoms with Gasteiger partial charge in [-0.3, -0.25) is 0 Å². The summed E-state index contributed by atoms with van der Waals surface area (Å²) in [5, 5.41) is 3.37. The molecule has 1 unspecified atom stereocenters. The van der Waals surface area contributed by atoms with Crippen LogP contribution in [0.3, 0.4) is 0 Å². The monoisotopic (exact) mass is 270 g/mol. The van der Waals surface area contributed by atoms with E-state index >= 15 is 0 Å². The van der Waals surface area contributed by atoms with Gasteiger partial charge in [0.15, 0.2) is 11.5 Å². The predicted octanol–water partition coefficient (Wildman–Crippen LogP) is 2.20. The topological polar surface area (TPSA) is 56.5 Å². The normalized spacial score (nSPS) is 16.9. The summed E-state index contributed by atoms with van der Waals surface area (Å²) in [5.74, 6) is 1.63. The lowest BCUT2D eigenvalue weighted by molar-refractivity contribution is 0.0902. The van der Waals surface area contributed by atoms with Crippen LogP contribution in [-0.4, -0.2) is 19.3 Å². The zero-order chi connectivity index (χ0) is 13.8. The first-order valence-electron chi connectivity index (χ1n) is 6.75. The Bertz CT molecular complexity index is 586. The van der Waals surface area contributed by atoms with Gasteiger partial charge in [-0.25, -0.2) is 0 Å². The van der Waals surface area contributed by atoms with Gasteiger partial charge in [0, 0.05) is 18.8 Å². The van der Waals surface area contributed by atoms with Crippen LogP contribution in [0.25, 0.3) is 0 Å². The number of nitrogens with one attached hydrogen (secondary N) is 1. The third kappa shape index (κ3) is 3.03. The van der Waals surface area contributed by atoms with Crippen molar-refractivity contribution in [3.63, 3.8) is 0 Å². The van der Waals surface area contributed by atoms with Crippen LogP contribution in [0.15, 0.2) is 48.5 Å². The number of hydrogen-bond acceptors (Lipinski definition) is 4. The molecule has 1 atom stereocenters. The van der Waals surface area contributed by atoms with Crippen molar-refractivity contribution in [1.29, 1.82) is 0 Å². The molecule has 0 bridgehead atoms. The van der Waals surface area contributed by atoms with Crippen LogP contribution in [-0.2, 0) is 6.54 Å². The summed E-state index contributed by atoms with van der Waals surface area (Å²) in [6, 6.07) is 15.6. The minimum atomic E-state index is 0.0333. The fraction of sp³-hybridized carbons (Fsp3) is 0.250. The van der Waals surface area contributed by atoms with Gasteiger partial charge in [0.25, 0.3) is 0 Å². The van der Waals surface area contributed by atoms with Gasteiger partial charge in [-0.15, -0.1) is 0 Å². The first-order valence-corrected chi connectivity index (χ1v) is 6.75. The molecule has 0 aromatic heterocycles. The van der Waals surface area contributed by atoms with Crippen LogP contribution in [0, 0.1) is 0 Å². The zero-order valence-corrected chi connectivity index (χ0v) is 11.2. The van der Waals surface area contributed by atoms with Gasteiger partial charge < -0.3 is 20.5 Å². The molecule has 0 amide bonds. The molecule has 0 spiro atoms. The molecule has 0 saturated heterocycles. The molecule has 3 rings (SSSR count). The molecule has 1 aliphatic heterocycles. The maximum Gasteiger partial charge on any atom is 0.161 e. The summed E-state index contributed by atoms with van der Waals surface area (Å²) >= 11 is 0. The summed E-state index contributed by atoms with van der Waals surface area (Å²) in [5.41, 5.74) is 7.71. The van der Waals surface area contributed by atoms with Crippen molar-refractivity contribution in [3.05, 3.63) is 54.1 Å². The van der Waals surface area contributed by atoms with Gasteiger partial charge in [0.05, 0.1) is 0 Å². The Balaban J connectivity index is 1.51. The van der Waals surface area contributed by atoms with Crippen molar-refractivity contribution >= 4 is 5.69 Å². The highest BCUT2D eigenvalue weighted by Crippen LogP contribution is 2.30. The Kier molecular flexibility index (Phi) is 3.74. The van der Waals surface area contributed by atoms with Gasteiger partial charge in [-0.2, -0.15) is 0 Å². The van der Waals surface area contributed by atoms with Crippen molar-refractivity contribution in [2.24, 2.45) is 0 Å². The SMILES string of the molecule is Nc1cccc(CNCC2COc3ccccc3O2)c1. The average Bonchev–Trinajstić information content (AvgIpc) is 2.47. The van der Waals surface area contributed by atoms with Gasteiger partial charge in [0.1, 0.15) is 12.7 Å². The predicted molar refractivity (Wildman–Crippen MR) is 78.9 cm³/mol. The van der Waals surface area contributed by atoms with Gasteiger partial charge in [-0.1, -0.05) is 24.3 Å².